The summed E-state index contributed by atoms with van der Waals surface area (Å²) in [6, 6.07) is 1.92. The smallest absolute Gasteiger partial charge is 0.235 e. The third-order valence-electron chi connectivity index (χ3n) is 4.59. The number of carbonyl (C=O) groups excluding carboxylic acids is 2. The van der Waals surface area contributed by atoms with E-state index in [1.54, 1.807) is 0 Å². The number of ether oxygens (including phenoxy) is 2. The number of fused-ring (bicyclic) bond motifs is 1. The zero-order chi connectivity index (χ0) is 16.5. The lowest BCUT2D eigenvalue weighted by atomic mass is 9.93. The Balaban J connectivity index is 1.73. The number of nitrogens with zero attached hydrogens (tertiary/aromatic N) is 3. The van der Waals surface area contributed by atoms with Gasteiger partial charge >= 0.3 is 0 Å². The van der Waals surface area contributed by atoms with Gasteiger partial charge < -0.3 is 19.3 Å². The molecule has 0 saturated carbocycles. The largest absolute Gasteiger partial charge is 0.378 e. The number of morpholine rings is 2. The van der Waals surface area contributed by atoms with Crippen LogP contribution in [0.5, 0.6) is 0 Å². The molecule has 0 bridgehead atoms. The Morgan fingerprint density at radius 3 is 2.17 bits per heavy atom. The summed E-state index contributed by atoms with van der Waals surface area (Å²) in [4.78, 5) is 32.9. The normalized spacial score (nSPS) is 21.6. The number of carbonyl (C=O) groups is 2. The van der Waals surface area contributed by atoms with Crippen LogP contribution in [0.4, 0.5) is 5.82 Å². The number of ketones is 2. The van der Waals surface area contributed by atoms with Gasteiger partial charge in [0.1, 0.15) is 5.82 Å². The van der Waals surface area contributed by atoms with Gasteiger partial charge in [-0.15, -0.1) is 0 Å². The van der Waals surface area contributed by atoms with E-state index in [0.717, 1.165) is 30.2 Å². The second-order valence-corrected chi connectivity index (χ2v) is 6.01. The SMILES string of the molecule is O=C1C=C(N2CCOCC2)c2cc(N3CCOCC3)ncc2C1=O. The fourth-order valence-corrected chi connectivity index (χ4v) is 3.27. The van der Waals surface area contributed by atoms with E-state index in [2.05, 4.69) is 14.8 Å². The second kappa shape index (κ2) is 6.33. The molecule has 24 heavy (non-hydrogen) atoms. The number of anilines is 1. The highest BCUT2D eigenvalue weighted by Gasteiger charge is 2.30. The fourth-order valence-electron chi connectivity index (χ4n) is 3.27. The van der Waals surface area contributed by atoms with Gasteiger partial charge in [-0.2, -0.15) is 0 Å². The van der Waals surface area contributed by atoms with Crippen molar-refractivity contribution in [3.8, 4) is 0 Å². The topological polar surface area (TPSA) is 72.0 Å². The predicted octanol–water partition coefficient (Wildman–Crippen LogP) is 0.357. The molecule has 126 valence electrons. The van der Waals surface area contributed by atoms with Crippen molar-refractivity contribution in [2.45, 2.75) is 0 Å². The van der Waals surface area contributed by atoms with E-state index >= 15 is 0 Å². The molecular weight excluding hydrogens is 310 g/mol. The van der Waals surface area contributed by atoms with Crippen LogP contribution in [0.25, 0.3) is 5.70 Å². The van der Waals surface area contributed by atoms with Crippen molar-refractivity contribution in [2.75, 3.05) is 57.5 Å². The van der Waals surface area contributed by atoms with Gasteiger partial charge in [0.15, 0.2) is 0 Å². The van der Waals surface area contributed by atoms with Gasteiger partial charge in [0.2, 0.25) is 11.6 Å². The summed E-state index contributed by atoms with van der Waals surface area (Å²) in [5.41, 5.74) is 1.98. The Bertz CT molecular complexity index is 704. The molecule has 0 aromatic carbocycles. The number of rotatable bonds is 2. The van der Waals surface area contributed by atoms with Crippen molar-refractivity contribution in [3.63, 3.8) is 0 Å². The van der Waals surface area contributed by atoms with Crippen molar-refractivity contribution >= 4 is 23.1 Å². The van der Waals surface area contributed by atoms with Crippen molar-refractivity contribution in [3.05, 3.63) is 29.5 Å². The summed E-state index contributed by atoms with van der Waals surface area (Å²) in [6.07, 6.45) is 2.99. The molecule has 3 heterocycles. The number of Topliss-reactive ketones (excluding diaryl/α,β-unsaturated/α-hetero) is 1. The second-order valence-electron chi connectivity index (χ2n) is 6.01. The summed E-state index contributed by atoms with van der Waals surface area (Å²) < 4.78 is 10.8. The number of pyridine rings is 1. The third-order valence-corrected chi connectivity index (χ3v) is 4.59. The molecule has 1 aromatic rings. The minimum Gasteiger partial charge on any atom is -0.378 e. The predicted molar refractivity (Wildman–Crippen MR) is 87.0 cm³/mol. The lowest BCUT2D eigenvalue weighted by Gasteiger charge is -2.34. The molecule has 0 N–H and O–H groups in total. The van der Waals surface area contributed by atoms with E-state index in [1.165, 1.54) is 12.3 Å². The highest BCUT2D eigenvalue weighted by atomic mass is 16.5. The number of hydrogen-bond acceptors (Lipinski definition) is 7. The van der Waals surface area contributed by atoms with Crippen LogP contribution in [0, 0.1) is 0 Å². The summed E-state index contributed by atoms with van der Waals surface area (Å²) >= 11 is 0. The van der Waals surface area contributed by atoms with Crippen LogP contribution in [-0.2, 0) is 14.3 Å². The first-order valence-electron chi connectivity index (χ1n) is 8.20. The van der Waals surface area contributed by atoms with E-state index in [0.29, 0.717) is 45.1 Å². The molecule has 4 rings (SSSR count). The molecule has 0 spiro atoms. The minimum atomic E-state index is -0.483. The Labute approximate surface area is 139 Å². The maximum atomic E-state index is 12.2. The molecule has 1 aromatic heterocycles. The van der Waals surface area contributed by atoms with Crippen molar-refractivity contribution in [2.24, 2.45) is 0 Å². The molecule has 0 atom stereocenters. The van der Waals surface area contributed by atoms with Crippen LogP contribution in [-0.4, -0.2) is 74.1 Å². The van der Waals surface area contributed by atoms with Crippen LogP contribution in [0.1, 0.15) is 15.9 Å². The molecule has 3 aliphatic rings. The van der Waals surface area contributed by atoms with Crippen LogP contribution in [0.3, 0.4) is 0 Å². The van der Waals surface area contributed by atoms with Gasteiger partial charge in [0.25, 0.3) is 0 Å². The molecule has 0 radical (unpaired) electrons. The van der Waals surface area contributed by atoms with E-state index < -0.39 is 11.6 Å². The Morgan fingerprint density at radius 2 is 1.50 bits per heavy atom. The molecular formula is C17H19N3O4. The maximum absolute atomic E-state index is 12.2. The van der Waals surface area contributed by atoms with Crippen LogP contribution >= 0.6 is 0 Å². The fraction of sp³-hybridized carbons (Fsp3) is 0.471. The van der Waals surface area contributed by atoms with Gasteiger partial charge in [-0.3, -0.25) is 9.59 Å². The Morgan fingerprint density at radius 1 is 0.875 bits per heavy atom. The Hall–Kier alpha value is -2.25. The maximum Gasteiger partial charge on any atom is 0.235 e. The van der Waals surface area contributed by atoms with Gasteiger partial charge in [0, 0.05) is 49.7 Å². The average Bonchev–Trinajstić information content (AvgIpc) is 2.66. The molecule has 7 nitrogen and oxygen atoms in total. The number of hydrogen-bond donors (Lipinski definition) is 0. The monoisotopic (exact) mass is 329 g/mol. The van der Waals surface area contributed by atoms with Crippen molar-refractivity contribution in [1.29, 1.82) is 0 Å². The molecule has 2 fully saturated rings. The van der Waals surface area contributed by atoms with Gasteiger partial charge in [0.05, 0.1) is 32.0 Å². The first-order valence-corrected chi connectivity index (χ1v) is 8.20. The van der Waals surface area contributed by atoms with Crippen LogP contribution in [0.15, 0.2) is 18.3 Å². The summed E-state index contributed by atoms with van der Waals surface area (Å²) in [6.45, 7) is 5.55. The van der Waals surface area contributed by atoms with Gasteiger partial charge in [-0.1, -0.05) is 0 Å². The molecule has 2 aliphatic heterocycles. The van der Waals surface area contributed by atoms with E-state index in [9.17, 15) is 9.59 Å². The van der Waals surface area contributed by atoms with Crippen molar-refractivity contribution < 1.29 is 19.1 Å². The first-order chi connectivity index (χ1) is 11.7. The standard InChI is InChI=1S/C17H19N3O4/c21-15-10-14(19-1-5-23-6-2-19)12-9-16(18-11-13(12)17(15)22)20-3-7-24-8-4-20/h9-11H,1-8H2. The van der Waals surface area contributed by atoms with Crippen LogP contribution < -0.4 is 4.90 Å². The minimum absolute atomic E-state index is 0.390. The number of allylic oxidation sites excluding steroid dienone is 1. The van der Waals surface area contributed by atoms with Crippen LogP contribution in [0.2, 0.25) is 0 Å². The Kier molecular flexibility index (Phi) is 4.03. The number of aromatic nitrogens is 1. The average molecular weight is 329 g/mol. The van der Waals surface area contributed by atoms with E-state index in [-0.39, 0.29) is 0 Å². The van der Waals surface area contributed by atoms with E-state index in [1.807, 2.05) is 6.07 Å². The van der Waals surface area contributed by atoms with Gasteiger partial charge in [-0.05, 0) is 6.07 Å². The summed E-state index contributed by atoms with van der Waals surface area (Å²) in [7, 11) is 0. The lowest BCUT2D eigenvalue weighted by molar-refractivity contribution is -0.111. The first kappa shape index (κ1) is 15.3. The molecule has 0 unspecified atom stereocenters. The third kappa shape index (κ3) is 2.70. The van der Waals surface area contributed by atoms with E-state index in [4.69, 9.17) is 9.47 Å². The summed E-state index contributed by atoms with van der Waals surface area (Å²) in [5.74, 6) is -0.147. The molecule has 7 heteroatoms. The van der Waals surface area contributed by atoms with Crippen molar-refractivity contribution in [1.82, 2.24) is 9.88 Å². The molecule has 1 aliphatic carbocycles. The highest BCUT2D eigenvalue weighted by Crippen LogP contribution is 2.30. The highest BCUT2D eigenvalue weighted by molar-refractivity contribution is 6.50. The molecule has 2 saturated heterocycles. The lowest BCUT2D eigenvalue weighted by Crippen LogP contribution is -2.38. The zero-order valence-electron chi connectivity index (χ0n) is 13.4. The quantitative estimate of drug-likeness (QED) is 0.725. The zero-order valence-corrected chi connectivity index (χ0v) is 13.4. The summed E-state index contributed by atoms with van der Waals surface area (Å²) in [5, 5.41) is 0. The molecule has 0 amide bonds. The van der Waals surface area contributed by atoms with Gasteiger partial charge in [-0.25, -0.2) is 4.98 Å².